The molecule has 0 atom stereocenters. The Bertz CT molecular complexity index is 3180. The van der Waals surface area contributed by atoms with E-state index in [0.29, 0.717) is 32.9 Å². The summed E-state index contributed by atoms with van der Waals surface area (Å²) in [6.45, 7) is 0. The predicted molar refractivity (Wildman–Crippen MR) is 167 cm³/mol. The van der Waals surface area contributed by atoms with Gasteiger partial charge in [0.15, 0.2) is 0 Å². The molecule has 0 saturated carbocycles. The fraction of sp³-hybridized carbons (Fsp3) is 0. The highest BCUT2D eigenvalue weighted by molar-refractivity contribution is 6.29. The zero-order valence-corrected chi connectivity index (χ0v) is 20.4. The van der Waals surface area contributed by atoms with Gasteiger partial charge in [0.05, 0.1) is 26.8 Å². The van der Waals surface area contributed by atoms with Gasteiger partial charge in [-0.25, -0.2) is 0 Å². The monoisotopic (exact) mass is 525 g/mol. The lowest BCUT2D eigenvalue weighted by atomic mass is 9.84. The molecule has 2 heterocycles. The Morgan fingerprint density at radius 3 is 1.80 bits per heavy atom. The maximum absolute atomic E-state index is 9.39. The van der Waals surface area contributed by atoms with Gasteiger partial charge in [0.1, 0.15) is 16.7 Å². The van der Waals surface area contributed by atoms with Gasteiger partial charge in [0.25, 0.3) is 0 Å². The van der Waals surface area contributed by atoms with Crippen LogP contribution < -0.4 is 0 Å². The Labute approximate surface area is 250 Å². The SMILES string of the molecule is [2H]c1c([2H])c([2H])c2c(-c3c4c([2H])c([2H])c([2H])c([2H])c4c(-c4cccc5oc6ccc7occc7c6c45)c4c([2H])c([2H])c([2H])c([2H])c34)c([2H])c([2H])c([2H])c2c1[2H]. The first-order valence-corrected chi connectivity index (χ1v) is 12.4. The maximum Gasteiger partial charge on any atom is 0.136 e. The summed E-state index contributed by atoms with van der Waals surface area (Å²) < 4.78 is 146. The summed E-state index contributed by atoms with van der Waals surface area (Å²) in [5.74, 6) is 0. The van der Waals surface area contributed by atoms with E-state index >= 15 is 0 Å². The van der Waals surface area contributed by atoms with E-state index in [9.17, 15) is 6.85 Å². The summed E-state index contributed by atoms with van der Waals surface area (Å²) in [5.41, 5.74) is 0.762. The van der Waals surface area contributed by atoms with Crippen molar-refractivity contribution in [3.8, 4) is 22.3 Å². The van der Waals surface area contributed by atoms with E-state index in [1.807, 2.05) is 0 Å². The van der Waals surface area contributed by atoms with Gasteiger partial charge in [0.2, 0.25) is 0 Å². The minimum atomic E-state index is -0.765. The summed E-state index contributed by atoms with van der Waals surface area (Å²) in [7, 11) is 0. The van der Waals surface area contributed by atoms with Crippen LogP contribution in [-0.2, 0) is 0 Å². The van der Waals surface area contributed by atoms with E-state index in [-0.39, 0.29) is 38.2 Å². The van der Waals surface area contributed by atoms with Gasteiger partial charge in [-0.3, -0.25) is 0 Å². The Kier molecular flexibility index (Phi) is 2.39. The van der Waals surface area contributed by atoms with Crippen LogP contribution in [0.5, 0.6) is 0 Å². The van der Waals surface area contributed by atoms with Gasteiger partial charge in [-0.1, -0.05) is 103 Å². The smallest absolute Gasteiger partial charge is 0.136 e. The van der Waals surface area contributed by atoms with Crippen LogP contribution >= 0.6 is 0 Å². The lowest BCUT2D eigenvalue weighted by Crippen LogP contribution is -1.92. The van der Waals surface area contributed by atoms with E-state index in [1.165, 1.54) is 6.26 Å². The highest BCUT2D eigenvalue weighted by Gasteiger charge is 2.21. The van der Waals surface area contributed by atoms with E-state index in [1.54, 1.807) is 36.4 Å². The second kappa shape index (κ2) is 8.08. The summed E-state index contributed by atoms with van der Waals surface area (Å²) in [6, 6.07) is -0.230. The van der Waals surface area contributed by atoms with Crippen molar-refractivity contribution in [2.45, 2.75) is 0 Å². The Hall–Kier alpha value is -5.34. The molecular weight excluding hydrogens is 488 g/mol. The van der Waals surface area contributed by atoms with Crippen LogP contribution in [0.1, 0.15) is 20.6 Å². The fourth-order valence-corrected chi connectivity index (χ4v) is 5.71. The number of hydrogen-bond donors (Lipinski definition) is 0. The lowest BCUT2D eigenvalue weighted by molar-refractivity contribution is 0.615. The molecular formula is C38H22O2. The van der Waals surface area contributed by atoms with Crippen LogP contribution in [0.3, 0.4) is 0 Å². The van der Waals surface area contributed by atoms with Gasteiger partial charge < -0.3 is 8.83 Å². The standard InChI is InChI=1S/C38H22O2/c1-2-11-24-23(9-1)10-7-16-25(24)35-26-12-3-5-14-28(26)36(29-15-6-4-13-27(29)35)31-17-8-18-33-38(31)37-30-21-22-39-32(30)19-20-34(37)40-33/h1-22H/i1D,2D,3D,4D,5D,6D,7D,9D,10D,11D,12D,13D,14D,15D,16D. The molecule has 0 bridgehead atoms. The second-order valence-corrected chi connectivity index (χ2v) is 9.30. The molecule has 0 N–H and O–H groups in total. The van der Waals surface area contributed by atoms with E-state index in [0.717, 1.165) is 0 Å². The molecule has 40 heavy (non-hydrogen) atoms. The predicted octanol–water partition coefficient (Wildman–Crippen LogP) is 11.1. The topological polar surface area (TPSA) is 26.3 Å². The molecule has 2 nitrogen and oxygen atoms in total. The molecule has 0 spiro atoms. The number of fused-ring (bicyclic) bond motifs is 8. The van der Waals surface area contributed by atoms with Gasteiger partial charge in [-0.2, -0.15) is 0 Å². The van der Waals surface area contributed by atoms with Crippen LogP contribution in [-0.4, -0.2) is 0 Å². The Balaban J connectivity index is 1.67. The third-order valence-electron chi connectivity index (χ3n) is 7.30. The molecule has 9 aromatic rings. The Morgan fingerprint density at radius 1 is 0.450 bits per heavy atom. The molecule has 2 heteroatoms. The van der Waals surface area contributed by atoms with Crippen molar-refractivity contribution in [2.24, 2.45) is 0 Å². The number of benzene rings is 7. The quantitative estimate of drug-likeness (QED) is 0.210. The van der Waals surface area contributed by atoms with E-state index in [2.05, 4.69) is 0 Å². The molecule has 2 aromatic heterocycles. The summed E-state index contributed by atoms with van der Waals surface area (Å²) >= 11 is 0. The highest BCUT2D eigenvalue weighted by Crippen LogP contribution is 2.48. The summed E-state index contributed by atoms with van der Waals surface area (Å²) in [4.78, 5) is 0. The Morgan fingerprint density at radius 2 is 1.05 bits per heavy atom. The molecule has 0 aliphatic carbocycles. The third-order valence-corrected chi connectivity index (χ3v) is 7.30. The van der Waals surface area contributed by atoms with Crippen molar-refractivity contribution in [2.75, 3.05) is 0 Å². The first-order chi connectivity index (χ1) is 26.1. The fourth-order valence-electron chi connectivity index (χ4n) is 5.71. The van der Waals surface area contributed by atoms with Gasteiger partial charge in [-0.05, 0) is 78.8 Å². The molecule has 186 valence electrons. The van der Waals surface area contributed by atoms with Gasteiger partial charge in [-0.15, -0.1) is 0 Å². The molecule has 0 aliphatic heterocycles. The van der Waals surface area contributed by atoms with Crippen molar-refractivity contribution < 1.29 is 29.4 Å². The van der Waals surface area contributed by atoms with Crippen molar-refractivity contribution in [3.63, 3.8) is 0 Å². The third kappa shape index (κ3) is 2.88. The number of rotatable bonds is 2. The van der Waals surface area contributed by atoms with Crippen molar-refractivity contribution in [3.05, 3.63) is 133 Å². The first-order valence-electron chi connectivity index (χ1n) is 19.9. The minimum Gasteiger partial charge on any atom is -0.464 e. The first kappa shape index (κ1) is 11.8. The van der Waals surface area contributed by atoms with Crippen LogP contribution in [0.2, 0.25) is 0 Å². The number of furan rings is 2. The van der Waals surface area contributed by atoms with Crippen molar-refractivity contribution >= 4 is 65.2 Å². The van der Waals surface area contributed by atoms with Crippen molar-refractivity contribution in [1.29, 1.82) is 0 Å². The minimum absolute atomic E-state index is 0.0116. The van der Waals surface area contributed by atoms with Crippen molar-refractivity contribution in [1.82, 2.24) is 0 Å². The normalized spacial score (nSPS) is 17.2. The average Bonchev–Trinajstić information content (AvgIpc) is 3.82. The van der Waals surface area contributed by atoms with Crippen LogP contribution in [0, 0.1) is 0 Å². The molecule has 0 radical (unpaired) electrons. The van der Waals surface area contributed by atoms with E-state index in [4.69, 9.17) is 22.5 Å². The molecule has 0 amide bonds. The molecule has 7 aromatic carbocycles. The van der Waals surface area contributed by atoms with Crippen LogP contribution in [0.25, 0.3) is 87.5 Å². The van der Waals surface area contributed by atoms with Crippen LogP contribution in [0.4, 0.5) is 0 Å². The molecule has 9 rings (SSSR count). The zero-order valence-electron chi connectivity index (χ0n) is 35.4. The van der Waals surface area contributed by atoms with Gasteiger partial charge >= 0.3 is 0 Å². The maximum atomic E-state index is 9.39. The second-order valence-electron chi connectivity index (χ2n) is 9.30. The molecule has 0 aliphatic rings. The average molecular weight is 526 g/mol. The number of hydrogen-bond acceptors (Lipinski definition) is 2. The largest absolute Gasteiger partial charge is 0.464 e. The summed E-state index contributed by atoms with van der Waals surface area (Å²) in [6.07, 6.45) is 1.50. The van der Waals surface area contributed by atoms with Crippen LogP contribution in [0.15, 0.2) is 142 Å². The zero-order chi connectivity index (χ0) is 39.3. The summed E-state index contributed by atoms with van der Waals surface area (Å²) in [5, 5.41) is -0.256. The highest BCUT2D eigenvalue weighted by atomic mass is 16.3. The molecule has 0 saturated heterocycles. The lowest BCUT2D eigenvalue weighted by Gasteiger charge is -2.19. The molecule has 0 fully saturated rings. The van der Waals surface area contributed by atoms with Gasteiger partial charge in [0, 0.05) is 16.2 Å². The molecule has 0 unspecified atom stereocenters. The van der Waals surface area contributed by atoms with E-state index < -0.39 is 107 Å².